The first-order valence-electron chi connectivity index (χ1n) is 9.84. The summed E-state index contributed by atoms with van der Waals surface area (Å²) in [5.41, 5.74) is 5.81. The Bertz CT molecular complexity index is 800. The molecule has 0 saturated carbocycles. The van der Waals surface area contributed by atoms with Crippen LogP contribution >= 0.6 is 0 Å². The minimum Gasteiger partial charge on any atom is -0.304 e. The molecule has 154 valence electrons. The number of anilines is 1. The van der Waals surface area contributed by atoms with Gasteiger partial charge in [0.25, 0.3) is 0 Å². The van der Waals surface area contributed by atoms with Gasteiger partial charge in [0, 0.05) is 35.8 Å². The summed E-state index contributed by atoms with van der Waals surface area (Å²) in [5, 5.41) is 2.63. The van der Waals surface area contributed by atoms with E-state index in [1.807, 2.05) is 13.0 Å². The molecule has 0 amide bonds. The molecule has 1 saturated heterocycles. The molecule has 3 rings (SSSR count). The number of ketones is 1. The Kier molecular flexibility index (Phi) is 9.11. The molecule has 1 aromatic heterocycles. The van der Waals surface area contributed by atoms with E-state index in [0.29, 0.717) is 11.3 Å². The van der Waals surface area contributed by atoms with Crippen molar-refractivity contribution in [1.82, 2.24) is 9.88 Å². The highest BCUT2D eigenvalue weighted by atomic mass is 16.3. The van der Waals surface area contributed by atoms with E-state index in [4.69, 9.17) is 4.79 Å². The van der Waals surface area contributed by atoms with E-state index in [9.17, 15) is 9.70 Å². The first kappa shape index (κ1) is 22.4. The van der Waals surface area contributed by atoms with Crippen molar-refractivity contribution in [2.45, 2.75) is 33.1 Å². The van der Waals surface area contributed by atoms with Gasteiger partial charge in [-0.25, -0.2) is 5.43 Å². The second kappa shape index (κ2) is 11.8. The van der Waals surface area contributed by atoms with Gasteiger partial charge in [0.2, 0.25) is 0 Å². The van der Waals surface area contributed by atoms with E-state index in [1.165, 1.54) is 6.92 Å². The number of benzene rings is 1. The maximum Gasteiger partial charge on any atom is 0.166 e. The van der Waals surface area contributed by atoms with E-state index < -0.39 is 0 Å². The van der Waals surface area contributed by atoms with E-state index in [1.54, 1.807) is 24.3 Å². The number of likely N-dealkylation sites (tertiary alicyclic amines) is 1. The van der Waals surface area contributed by atoms with Crippen LogP contribution in [0.15, 0.2) is 47.8 Å². The molecule has 1 N–H and O–H groups in total. The minimum atomic E-state index is 0.0753. The van der Waals surface area contributed by atoms with Gasteiger partial charge >= 0.3 is 0 Å². The fourth-order valence-corrected chi connectivity index (χ4v) is 3.43. The van der Waals surface area contributed by atoms with Gasteiger partial charge in [-0.2, -0.15) is 0 Å². The highest BCUT2D eigenvalue weighted by Gasteiger charge is 2.25. The summed E-state index contributed by atoms with van der Waals surface area (Å²) in [5.74, 6) is 0.266. The molecule has 0 unspecified atom stereocenters. The second-order valence-corrected chi connectivity index (χ2v) is 7.02. The van der Waals surface area contributed by atoms with Crippen molar-refractivity contribution in [3.63, 3.8) is 0 Å². The van der Waals surface area contributed by atoms with E-state index in [0.717, 1.165) is 56.6 Å². The summed E-state index contributed by atoms with van der Waals surface area (Å²) < 4.78 is 0. The average molecular weight is 396 g/mol. The number of piperidine rings is 1. The van der Waals surface area contributed by atoms with E-state index in [-0.39, 0.29) is 11.7 Å². The van der Waals surface area contributed by atoms with Crippen LogP contribution in [0.2, 0.25) is 0 Å². The number of nitroso groups, excluding NO2 is 1. The van der Waals surface area contributed by atoms with Crippen molar-refractivity contribution in [1.29, 1.82) is 0 Å². The highest BCUT2D eigenvalue weighted by Crippen LogP contribution is 2.23. The van der Waals surface area contributed by atoms with Crippen LogP contribution < -0.4 is 5.43 Å². The lowest BCUT2D eigenvalue weighted by molar-refractivity contribution is -0.106. The molecule has 0 atom stereocenters. The summed E-state index contributed by atoms with van der Waals surface area (Å²) in [6, 6.07) is 13.1. The van der Waals surface area contributed by atoms with Gasteiger partial charge in [0.15, 0.2) is 5.78 Å². The molecule has 1 fully saturated rings. The largest absolute Gasteiger partial charge is 0.304 e. The van der Waals surface area contributed by atoms with E-state index >= 15 is 0 Å². The third-order valence-corrected chi connectivity index (χ3v) is 4.93. The maximum atomic E-state index is 12.7. The minimum absolute atomic E-state index is 0.0753. The summed E-state index contributed by atoms with van der Waals surface area (Å²) >= 11 is 0. The molecule has 0 bridgehead atoms. The fraction of sp³-hybridized carbons (Fsp3) is 0.409. The van der Waals surface area contributed by atoms with Crippen molar-refractivity contribution < 1.29 is 9.59 Å². The van der Waals surface area contributed by atoms with Gasteiger partial charge in [-0.05, 0) is 76.2 Å². The topological polar surface area (TPSA) is 91.7 Å². The van der Waals surface area contributed by atoms with Crippen LogP contribution in [0.4, 0.5) is 5.69 Å². The zero-order valence-corrected chi connectivity index (χ0v) is 17.0. The number of nitrogens with one attached hydrogen (secondary N) is 1. The lowest BCUT2D eigenvalue weighted by Gasteiger charge is -2.31. The van der Waals surface area contributed by atoms with Gasteiger partial charge in [0.05, 0.1) is 11.0 Å². The second-order valence-electron chi connectivity index (χ2n) is 7.02. The lowest BCUT2D eigenvalue weighted by Crippen LogP contribution is -2.37. The molecule has 0 spiro atoms. The Balaban J connectivity index is 0.000000941. The summed E-state index contributed by atoms with van der Waals surface area (Å²) in [6.45, 7) is 6.32. The normalized spacial score (nSPS) is 14.4. The molecule has 1 aliphatic rings. The van der Waals surface area contributed by atoms with Crippen molar-refractivity contribution in [3.8, 4) is 0 Å². The Morgan fingerprint density at radius 1 is 1.21 bits per heavy atom. The highest BCUT2D eigenvalue weighted by molar-refractivity contribution is 5.98. The number of aromatic nitrogens is 1. The van der Waals surface area contributed by atoms with Gasteiger partial charge in [-0.3, -0.25) is 9.78 Å². The summed E-state index contributed by atoms with van der Waals surface area (Å²) in [6.07, 6.45) is 3.46. The molecular weight excluding hydrogens is 368 g/mol. The van der Waals surface area contributed by atoms with Gasteiger partial charge < -0.3 is 9.69 Å². The molecule has 2 aromatic rings. The molecule has 0 radical (unpaired) electrons. The average Bonchev–Trinajstić information content (AvgIpc) is 2.74. The Hall–Kier alpha value is -2.93. The predicted octanol–water partition coefficient (Wildman–Crippen LogP) is 3.83. The van der Waals surface area contributed by atoms with Gasteiger partial charge in [-0.15, -0.1) is 4.91 Å². The number of nitrogens with zero attached hydrogens (tertiary/aromatic N) is 3. The molecule has 7 heteroatoms. The van der Waals surface area contributed by atoms with Crippen molar-refractivity contribution >= 4 is 17.8 Å². The Labute approximate surface area is 171 Å². The third kappa shape index (κ3) is 7.19. The molecule has 1 aliphatic heterocycles. The molecule has 2 heterocycles. The molecule has 0 aliphatic carbocycles. The number of rotatable bonds is 7. The van der Waals surface area contributed by atoms with Crippen LogP contribution in [-0.2, 0) is 11.2 Å². The standard InChI is InChI=1S/C20H24N4O2.C2H4O/c1-15-3-2-4-18(21-15)11-14-24-12-9-17(10-13-24)20(25)16-5-7-19(8-6-16)22-23-26;1-2-3/h2-8,17H,9-14H2,1H3,(H,22,26);2H,1H3. The van der Waals surface area contributed by atoms with Crippen molar-refractivity contribution in [2.24, 2.45) is 11.2 Å². The first-order valence-corrected chi connectivity index (χ1v) is 9.84. The number of aryl methyl sites for hydroxylation is 1. The Morgan fingerprint density at radius 2 is 1.86 bits per heavy atom. The first-order chi connectivity index (χ1) is 14.1. The van der Waals surface area contributed by atoms with Crippen LogP contribution in [0.3, 0.4) is 0 Å². The number of hydrogen-bond acceptors (Lipinski definition) is 6. The number of Topliss-reactive ketones (excluding diaryl/α,β-unsaturated/α-hetero) is 1. The zero-order valence-electron chi connectivity index (χ0n) is 17.0. The molecule has 7 nitrogen and oxygen atoms in total. The Morgan fingerprint density at radius 3 is 2.45 bits per heavy atom. The zero-order chi connectivity index (χ0) is 21.1. The molecule has 1 aromatic carbocycles. The van der Waals surface area contributed by atoms with Crippen molar-refractivity contribution in [3.05, 3.63) is 64.3 Å². The number of carbonyl (C=O) groups excluding carboxylic acids is 2. The third-order valence-electron chi connectivity index (χ3n) is 4.93. The van der Waals surface area contributed by atoms with Crippen LogP contribution in [0.1, 0.15) is 41.5 Å². The lowest BCUT2D eigenvalue weighted by atomic mass is 9.89. The van der Waals surface area contributed by atoms with Gasteiger partial charge in [-0.1, -0.05) is 6.07 Å². The summed E-state index contributed by atoms with van der Waals surface area (Å²) in [4.78, 5) is 38.6. The van der Waals surface area contributed by atoms with Crippen LogP contribution in [0.5, 0.6) is 0 Å². The molecular formula is C22H28N4O3. The monoisotopic (exact) mass is 396 g/mol. The number of carbonyl (C=O) groups is 2. The van der Waals surface area contributed by atoms with E-state index in [2.05, 4.69) is 32.7 Å². The predicted molar refractivity (Wildman–Crippen MR) is 114 cm³/mol. The number of aldehydes is 1. The smallest absolute Gasteiger partial charge is 0.166 e. The van der Waals surface area contributed by atoms with Gasteiger partial charge in [0.1, 0.15) is 6.29 Å². The van der Waals surface area contributed by atoms with Crippen LogP contribution in [-0.4, -0.2) is 41.6 Å². The van der Waals surface area contributed by atoms with Crippen molar-refractivity contribution in [2.75, 3.05) is 25.1 Å². The quantitative estimate of drug-likeness (QED) is 0.331. The SMILES string of the molecule is CC=O.Cc1cccc(CCN2CCC(C(=O)c3ccc(NN=O)cc3)CC2)n1. The number of hydrogen-bond donors (Lipinski definition) is 1. The molecule has 29 heavy (non-hydrogen) atoms. The summed E-state index contributed by atoms with van der Waals surface area (Å²) in [7, 11) is 0. The number of pyridine rings is 1. The maximum absolute atomic E-state index is 12.7. The van der Waals surface area contributed by atoms with Crippen LogP contribution in [0.25, 0.3) is 0 Å². The van der Waals surface area contributed by atoms with Crippen LogP contribution in [0, 0.1) is 17.7 Å². The fourth-order valence-electron chi connectivity index (χ4n) is 3.43.